The minimum atomic E-state index is -0.332. The van der Waals surface area contributed by atoms with Gasteiger partial charge in [0, 0.05) is 6.04 Å². The molecule has 6 heteroatoms. The topological polar surface area (TPSA) is 69.4 Å². The van der Waals surface area contributed by atoms with Crippen LogP contribution in [0.5, 0.6) is 11.5 Å². The normalized spacial score (nSPS) is 18.5. The SMILES string of the molecule is CCC(C)NCc1nc(C2COc3ccccc3O2)no1. The lowest BCUT2D eigenvalue weighted by molar-refractivity contribution is 0.0832. The van der Waals surface area contributed by atoms with Gasteiger partial charge in [-0.25, -0.2) is 0 Å². The second-order valence-corrected chi connectivity index (χ2v) is 5.10. The third-order valence-electron chi connectivity index (χ3n) is 3.49. The Morgan fingerprint density at radius 2 is 2.14 bits per heavy atom. The van der Waals surface area contributed by atoms with E-state index in [2.05, 4.69) is 29.3 Å². The van der Waals surface area contributed by atoms with Gasteiger partial charge in [0.15, 0.2) is 17.6 Å². The van der Waals surface area contributed by atoms with E-state index in [1.54, 1.807) is 0 Å². The minimum Gasteiger partial charge on any atom is -0.485 e. The predicted molar refractivity (Wildman–Crippen MR) is 76.2 cm³/mol. The molecule has 2 unspecified atom stereocenters. The van der Waals surface area contributed by atoms with Crippen LogP contribution in [0.3, 0.4) is 0 Å². The standard InChI is InChI=1S/C15H19N3O3/c1-3-10(2)16-8-14-17-15(18-21-14)13-9-19-11-6-4-5-7-12(11)20-13/h4-7,10,13,16H,3,8-9H2,1-2H3. The molecule has 0 spiro atoms. The van der Waals surface area contributed by atoms with Crippen molar-refractivity contribution in [2.24, 2.45) is 0 Å². The lowest BCUT2D eigenvalue weighted by Crippen LogP contribution is -2.25. The Kier molecular flexibility index (Phi) is 4.06. The summed E-state index contributed by atoms with van der Waals surface area (Å²) in [6, 6.07) is 7.98. The molecule has 2 aromatic rings. The molecule has 1 aliphatic heterocycles. The van der Waals surface area contributed by atoms with E-state index >= 15 is 0 Å². The van der Waals surface area contributed by atoms with Gasteiger partial charge in [0.25, 0.3) is 0 Å². The lowest BCUT2D eigenvalue weighted by Gasteiger charge is -2.24. The zero-order valence-corrected chi connectivity index (χ0v) is 12.2. The molecule has 21 heavy (non-hydrogen) atoms. The van der Waals surface area contributed by atoms with Crippen molar-refractivity contribution < 1.29 is 14.0 Å². The monoisotopic (exact) mass is 289 g/mol. The summed E-state index contributed by atoms with van der Waals surface area (Å²) in [4.78, 5) is 4.37. The first-order chi connectivity index (χ1) is 10.3. The molecule has 3 rings (SSSR count). The quantitative estimate of drug-likeness (QED) is 0.912. The highest BCUT2D eigenvalue weighted by Gasteiger charge is 2.26. The van der Waals surface area contributed by atoms with Gasteiger partial charge in [-0.05, 0) is 25.5 Å². The van der Waals surface area contributed by atoms with Crippen LogP contribution in [0.2, 0.25) is 0 Å². The Bertz CT molecular complexity index is 599. The van der Waals surface area contributed by atoms with Crippen LogP contribution in [0.15, 0.2) is 28.8 Å². The minimum absolute atomic E-state index is 0.332. The number of rotatable bonds is 5. The highest BCUT2D eigenvalue weighted by atomic mass is 16.6. The van der Waals surface area contributed by atoms with Gasteiger partial charge in [0.05, 0.1) is 6.54 Å². The predicted octanol–water partition coefficient (Wildman–Crippen LogP) is 2.47. The van der Waals surface area contributed by atoms with Crippen molar-refractivity contribution >= 4 is 0 Å². The molecule has 2 atom stereocenters. The Hall–Kier alpha value is -2.08. The molecule has 0 saturated carbocycles. The van der Waals surface area contributed by atoms with Crippen molar-refractivity contribution in [2.45, 2.75) is 39.0 Å². The molecule has 2 heterocycles. The Labute approximate surface area is 123 Å². The van der Waals surface area contributed by atoms with Gasteiger partial charge in [-0.3, -0.25) is 0 Å². The van der Waals surface area contributed by atoms with Crippen molar-refractivity contribution in [3.8, 4) is 11.5 Å². The number of hydrogen-bond donors (Lipinski definition) is 1. The van der Waals surface area contributed by atoms with Crippen molar-refractivity contribution in [2.75, 3.05) is 6.61 Å². The molecule has 1 aromatic carbocycles. The van der Waals surface area contributed by atoms with Crippen LogP contribution in [0.4, 0.5) is 0 Å². The molecule has 0 aliphatic carbocycles. The molecule has 112 valence electrons. The Balaban J connectivity index is 1.65. The fourth-order valence-corrected chi connectivity index (χ4v) is 2.02. The van der Waals surface area contributed by atoms with Crippen LogP contribution in [-0.2, 0) is 6.54 Å². The van der Waals surface area contributed by atoms with E-state index in [4.69, 9.17) is 14.0 Å². The van der Waals surface area contributed by atoms with Gasteiger partial charge in [-0.15, -0.1) is 0 Å². The zero-order chi connectivity index (χ0) is 14.7. The van der Waals surface area contributed by atoms with Gasteiger partial charge in [-0.2, -0.15) is 4.98 Å². The van der Waals surface area contributed by atoms with Crippen LogP contribution >= 0.6 is 0 Å². The van der Waals surface area contributed by atoms with E-state index in [9.17, 15) is 0 Å². The average Bonchev–Trinajstić information content (AvgIpc) is 3.01. The molecule has 0 fully saturated rings. The maximum atomic E-state index is 5.85. The van der Waals surface area contributed by atoms with Gasteiger partial charge in [0.2, 0.25) is 11.7 Å². The van der Waals surface area contributed by atoms with Crippen LogP contribution in [0, 0.1) is 0 Å². The first kappa shape index (κ1) is 13.9. The molecule has 0 radical (unpaired) electrons. The summed E-state index contributed by atoms with van der Waals surface area (Å²) in [7, 11) is 0. The summed E-state index contributed by atoms with van der Waals surface area (Å²) in [6.07, 6.45) is 0.721. The summed E-state index contributed by atoms with van der Waals surface area (Å²) >= 11 is 0. The van der Waals surface area contributed by atoms with Crippen molar-refractivity contribution in [1.29, 1.82) is 0 Å². The van der Waals surface area contributed by atoms with Gasteiger partial charge in [-0.1, -0.05) is 24.2 Å². The van der Waals surface area contributed by atoms with Gasteiger partial charge < -0.3 is 19.3 Å². The molecule has 6 nitrogen and oxygen atoms in total. The van der Waals surface area contributed by atoms with E-state index < -0.39 is 0 Å². The smallest absolute Gasteiger partial charge is 0.240 e. The molecule has 0 saturated heterocycles. The molecule has 0 bridgehead atoms. The second-order valence-electron chi connectivity index (χ2n) is 5.10. The van der Waals surface area contributed by atoms with E-state index in [-0.39, 0.29) is 6.10 Å². The van der Waals surface area contributed by atoms with E-state index in [0.717, 1.165) is 12.2 Å². The molecule has 1 aliphatic rings. The fraction of sp³-hybridized carbons (Fsp3) is 0.467. The van der Waals surface area contributed by atoms with Gasteiger partial charge >= 0.3 is 0 Å². The Morgan fingerprint density at radius 3 is 2.95 bits per heavy atom. The van der Waals surface area contributed by atoms with E-state index in [0.29, 0.717) is 36.7 Å². The van der Waals surface area contributed by atoms with Crippen LogP contribution in [0.1, 0.15) is 38.1 Å². The first-order valence-corrected chi connectivity index (χ1v) is 7.20. The molecule has 1 aromatic heterocycles. The van der Waals surface area contributed by atoms with Gasteiger partial charge in [0.1, 0.15) is 6.61 Å². The third-order valence-corrected chi connectivity index (χ3v) is 3.49. The Morgan fingerprint density at radius 1 is 1.33 bits per heavy atom. The van der Waals surface area contributed by atoms with Crippen molar-refractivity contribution in [3.05, 3.63) is 36.0 Å². The maximum Gasteiger partial charge on any atom is 0.240 e. The van der Waals surface area contributed by atoms with E-state index in [1.165, 1.54) is 0 Å². The van der Waals surface area contributed by atoms with Crippen molar-refractivity contribution in [1.82, 2.24) is 15.5 Å². The number of para-hydroxylation sites is 2. The summed E-state index contributed by atoms with van der Waals surface area (Å²) in [5.41, 5.74) is 0. The number of hydrogen-bond acceptors (Lipinski definition) is 6. The van der Waals surface area contributed by atoms with Crippen LogP contribution < -0.4 is 14.8 Å². The number of aromatic nitrogens is 2. The number of benzene rings is 1. The number of nitrogens with zero attached hydrogens (tertiary/aromatic N) is 2. The third kappa shape index (κ3) is 3.16. The lowest BCUT2D eigenvalue weighted by atomic mass is 10.2. The van der Waals surface area contributed by atoms with Crippen molar-refractivity contribution in [3.63, 3.8) is 0 Å². The van der Waals surface area contributed by atoms with Crippen LogP contribution in [-0.4, -0.2) is 22.8 Å². The highest BCUT2D eigenvalue weighted by Crippen LogP contribution is 2.34. The number of ether oxygens (including phenoxy) is 2. The maximum absolute atomic E-state index is 5.85. The number of nitrogens with one attached hydrogen (secondary N) is 1. The number of fused-ring (bicyclic) bond motifs is 1. The zero-order valence-electron chi connectivity index (χ0n) is 12.2. The highest BCUT2D eigenvalue weighted by molar-refractivity contribution is 5.40. The molecular formula is C15H19N3O3. The summed E-state index contributed by atoms with van der Waals surface area (Å²) in [5.74, 6) is 2.53. The molecule has 1 N–H and O–H groups in total. The first-order valence-electron chi connectivity index (χ1n) is 7.20. The summed E-state index contributed by atoms with van der Waals surface area (Å²) < 4.78 is 16.7. The summed E-state index contributed by atoms with van der Waals surface area (Å²) in [6.45, 7) is 5.19. The van der Waals surface area contributed by atoms with Crippen LogP contribution in [0.25, 0.3) is 0 Å². The molecule has 0 amide bonds. The largest absolute Gasteiger partial charge is 0.485 e. The van der Waals surface area contributed by atoms with E-state index in [1.807, 2.05) is 24.3 Å². The average molecular weight is 289 g/mol. The fourth-order valence-electron chi connectivity index (χ4n) is 2.02. The summed E-state index contributed by atoms with van der Waals surface area (Å²) in [5, 5.41) is 7.30. The molecular weight excluding hydrogens is 270 g/mol. The second kappa shape index (κ2) is 6.13.